The molecule has 9 heteroatoms. The van der Waals surface area contributed by atoms with Crippen LogP contribution in [0.3, 0.4) is 0 Å². The molecule has 1 saturated carbocycles. The van der Waals surface area contributed by atoms with E-state index in [4.69, 9.17) is 4.74 Å². The zero-order chi connectivity index (χ0) is 27.4. The molecule has 39 heavy (non-hydrogen) atoms. The number of halogens is 1. The predicted molar refractivity (Wildman–Crippen MR) is 146 cm³/mol. The number of rotatable bonds is 8. The molecule has 4 aromatic rings. The molecule has 0 saturated heterocycles. The number of benzene rings is 3. The first kappa shape index (κ1) is 26.0. The van der Waals surface area contributed by atoms with Crippen LogP contribution in [0.5, 0.6) is 11.5 Å². The molecule has 0 unspecified atom stereocenters. The van der Waals surface area contributed by atoms with Crippen LogP contribution in [0.1, 0.15) is 53.7 Å². The van der Waals surface area contributed by atoms with Crippen LogP contribution in [-0.2, 0) is 6.54 Å². The molecule has 1 heterocycles. The molecule has 0 radical (unpaired) electrons. The van der Waals surface area contributed by atoms with Gasteiger partial charge in [0.15, 0.2) is 0 Å². The van der Waals surface area contributed by atoms with Gasteiger partial charge >= 0.3 is 6.03 Å². The topological polar surface area (TPSA) is 105 Å². The van der Waals surface area contributed by atoms with E-state index in [1.165, 1.54) is 22.9 Å². The van der Waals surface area contributed by atoms with Crippen molar-refractivity contribution in [2.24, 2.45) is 0 Å². The third-order valence-corrected chi connectivity index (χ3v) is 6.77. The number of phenolic OH excluding ortho intramolecular Hbond substituents is 1. The van der Waals surface area contributed by atoms with Crippen LogP contribution in [-0.4, -0.2) is 33.4 Å². The lowest BCUT2D eigenvalue weighted by atomic mass is 9.82. The fourth-order valence-electron chi connectivity index (χ4n) is 4.44. The van der Waals surface area contributed by atoms with Gasteiger partial charge < -0.3 is 20.5 Å². The number of ether oxygens (including phenoxy) is 1. The van der Waals surface area contributed by atoms with Crippen LogP contribution in [0, 0.1) is 5.82 Å². The summed E-state index contributed by atoms with van der Waals surface area (Å²) in [6, 6.07) is 19.0. The number of aromatic hydroxyl groups is 1. The first-order valence-corrected chi connectivity index (χ1v) is 12.9. The Kier molecular flexibility index (Phi) is 7.58. The maximum absolute atomic E-state index is 13.2. The van der Waals surface area contributed by atoms with Crippen LogP contribution in [0.15, 0.2) is 72.8 Å². The number of hydrogen-bond donors (Lipinski definition) is 3. The molecule has 3 N–H and O–H groups in total. The van der Waals surface area contributed by atoms with Crippen molar-refractivity contribution >= 4 is 17.6 Å². The van der Waals surface area contributed by atoms with Crippen molar-refractivity contribution in [1.82, 2.24) is 15.1 Å². The third-order valence-electron chi connectivity index (χ3n) is 6.77. The maximum atomic E-state index is 13.2. The van der Waals surface area contributed by atoms with E-state index in [2.05, 4.69) is 15.7 Å². The number of aromatic nitrogens is 2. The van der Waals surface area contributed by atoms with Crippen molar-refractivity contribution in [2.75, 3.05) is 11.9 Å². The minimum Gasteiger partial charge on any atom is -0.507 e. The van der Waals surface area contributed by atoms with Crippen molar-refractivity contribution in [3.63, 3.8) is 0 Å². The molecule has 1 aliphatic carbocycles. The average Bonchev–Trinajstić information content (AvgIpc) is 3.32. The normalized spacial score (nSPS) is 13.0. The summed E-state index contributed by atoms with van der Waals surface area (Å²) in [5.74, 6) is 0.157. The lowest BCUT2D eigenvalue weighted by Gasteiger charge is -2.25. The molecule has 0 atom stereocenters. The molecule has 0 bridgehead atoms. The highest BCUT2D eigenvalue weighted by Crippen LogP contribution is 2.39. The van der Waals surface area contributed by atoms with Gasteiger partial charge in [0.05, 0.1) is 18.0 Å². The summed E-state index contributed by atoms with van der Waals surface area (Å²) < 4.78 is 19.9. The van der Waals surface area contributed by atoms with Crippen LogP contribution in [0.2, 0.25) is 0 Å². The third kappa shape index (κ3) is 5.93. The zero-order valence-electron chi connectivity index (χ0n) is 21.5. The molecule has 3 aromatic carbocycles. The van der Waals surface area contributed by atoms with E-state index in [0.29, 0.717) is 34.9 Å². The number of carbonyl (C=O) groups is 2. The first-order valence-electron chi connectivity index (χ1n) is 12.9. The smallest absolute Gasteiger partial charge is 0.342 e. The largest absolute Gasteiger partial charge is 0.507 e. The van der Waals surface area contributed by atoms with Gasteiger partial charge in [-0.25, -0.2) is 9.18 Å². The van der Waals surface area contributed by atoms with Crippen LogP contribution in [0.25, 0.3) is 11.3 Å². The summed E-state index contributed by atoms with van der Waals surface area (Å²) in [6.45, 7) is 2.66. The zero-order valence-corrected chi connectivity index (χ0v) is 21.5. The van der Waals surface area contributed by atoms with E-state index in [-0.39, 0.29) is 29.9 Å². The molecular weight excluding hydrogens is 499 g/mol. The average molecular weight is 529 g/mol. The van der Waals surface area contributed by atoms with Crippen molar-refractivity contribution in [3.05, 3.63) is 95.4 Å². The standard InChI is InChI=1S/C30H29FN4O4/c1-2-39-24-13-8-21(9-14-24)29(37)33-23-12-15-25(28(36)16-23)26-17-27(20-4-3-5-20)35(34-26)30(38)32-18-19-6-10-22(31)11-7-19/h6-17,20,36H,2-5,18H2,1H3,(H,32,38)(H,33,37). The van der Waals surface area contributed by atoms with Gasteiger partial charge in [-0.3, -0.25) is 4.79 Å². The van der Waals surface area contributed by atoms with Gasteiger partial charge in [0.25, 0.3) is 5.91 Å². The van der Waals surface area contributed by atoms with Crippen LogP contribution < -0.4 is 15.4 Å². The fraction of sp³-hybridized carbons (Fsp3) is 0.233. The summed E-state index contributed by atoms with van der Waals surface area (Å²) in [5, 5.41) is 20.9. The van der Waals surface area contributed by atoms with Gasteiger partial charge in [0, 0.05) is 35.3 Å². The molecular formula is C30H29FN4O4. The second-order valence-corrected chi connectivity index (χ2v) is 9.42. The highest BCUT2D eigenvalue weighted by atomic mass is 19.1. The Balaban J connectivity index is 1.32. The maximum Gasteiger partial charge on any atom is 0.342 e. The SMILES string of the molecule is CCOc1ccc(C(=O)Nc2ccc(-c3cc(C4CCC4)n(C(=O)NCc4ccc(F)cc4)n3)c(O)c2)cc1. The Morgan fingerprint density at radius 1 is 1.05 bits per heavy atom. The fourth-order valence-corrected chi connectivity index (χ4v) is 4.44. The van der Waals surface area contributed by atoms with E-state index in [0.717, 1.165) is 30.5 Å². The molecule has 8 nitrogen and oxygen atoms in total. The van der Waals surface area contributed by atoms with E-state index in [9.17, 15) is 19.1 Å². The van der Waals surface area contributed by atoms with E-state index in [1.807, 2.05) is 13.0 Å². The number of anilines is 1. The number of nitrogens with one attached hydrogen (secondary N) is 2. The molecule has 1 aromatic heterocycles. The quantitative estimate of drug-likeness (QED) is 0.257. The van der Waals surface area contributed by atoms with Gasteiger partial charge in [-0.2, -0.15) is 9.78 Å². The molecule has 200 valence electrons. The number of hydrogen-bond acceptors (Lipinski definition) is 5. The predicted octanol–water partition coefficient (Wildman–Crippen LogP) is 6.07. The van der Waals surface area contributed by atoms with Gasteiger partial charge in [0.2, 0.25) is 0 Å². The highest BCUT2D eigenvalue weighted by molar-refractivity contribution is 6.04. The summed E-state index contributed by atoms with van der Waals surface area (Å²) in [7, 11) is 0. The summed E-state index contributed by atoms with van der Waals surface area (Å²) in [6.07, 6.45) is 2.99. The number of carbonyl (C=O) groups excluding carboxylic acids is 2. The molecule has 2 amide bonds. The molecule has 0 spiro atoms. The summed E-state index contributed by atoms with van der Waals surface area (Å²) in [4.78, 5) is 25.7. The lowest BCUT2D eigenvalue weighted by Crippen LogP contribution is -2.31. The van der Waals surface area contributed by atoms with E-state index in [1.54, 1.807) is 48.5 Å². The molecule has 1 aliphatic rings. The Hall–Kier alpha value is -4.66. The van der Waals surface area contributed by atoms with Gasteiger partial charge in [-0.1, -0.05) is 18.6 Å². The number of phenols is 1. The van der Waals surface area contributed by atoms with Gasteiger partial charge in [-0.15, -0.1) is 0 Å². The van der Waals surface area contributed by atoms with Crippen molar-refractivity contribution < 1.29 is 23.8 Å². The van der Waals surface area contributed by atoms with E-state index < -0.39 is 6.03 Å². The lowest BCUT2D eigenvalue weighted by molar-refractivity contribution is 0.102. The van der Waals surface area contributed by atoms with Gasteiger partial charge in [0.1, 0.15) is 17.3 Å². The number of amides is 2. The van der Waals surface area contributed by atoms with Crippen molar-refractivity contribution in [2.45, 2.75) is 38.6 Å². The summed E-state index contributed by atoms with van der Waals surface area (Å²) in [5.41, 5.74) is 3.32. The molecule has 0 aliphatic heterocycles. The number of nitrogens with zero attached hydrogens (tertiary/aromatic N) is 2. The Morgan fingerprint density at radius 3 is 2.44 bits per heavy atom. The van der Waals surface area contributed by atoms with Crippen molar-refractivity contribution in [3.8, 4) is 22.8 Å². The Bertz CT molecular complexity index is 1480. The minimum atomic E-state index is -0.397. The second kappa shape index (κ2) is 11.4. The van der Waals surface area contributed by atoms with Crippen LogP contribution >= 0.6 is 0 Å². The van der Waals surface area contributed by atoms with Gasteiger partial charge in [-0.05, 0) is 79.9 Å². The first-order chi connectivity index (χ1) is 18.9. The molecule has 5 rings (SSSR count). The second-order valence-electron chi connectivity index (χ2n) is 9.42. The van der Waals surface area contributed by atoms with Crippen LogP contribution in [0.4, 0.5) is 14.9 Å². The van der Waals surface area contributed by atoms with E-state index >= 15 is 0 Å². The minimum absolute atomic E-state index is 0.0731. The van der Waals surface area contributed by atoms with Crippen molar-refractivity contribution in [1.29, 1.82) is 0 Å². The summed E-state index contributed by atoms with van der Waals surface area (Å²) >= 11 is 0. The monoisotopic (exact) mass is 528 g/mol. The highest BCUT2D eigenvalue weighted by Gasteiger charge is 2.27. The Labute approximate surface area is 225 Å². The Morgan fingerprint density at radius 2 is 1.79 bits per heavy atom. The molecule has 1 fully saturated rings.